The van der Waals surface area contributed by atoms with E-state index in [9.17, 15) is 0 Å². The van der Waals surface area contributed by atoms with Crippen LogP contribution in [0.2, 0.25) is 5.02 Å². The molecule has 1 aliphatic rings. The van der Waals surface area contributed by atoms with Crippen molar-refractivity contribution in [2.75, 3.05) is 0 Å². The first-order valence-corrected chi connectivity index (χ1v) is 6.56. The van der Waals surface area contributed by atoms with Gasteiger partial charge < -0.3 is 0 Å². The van der Waals surface area contributed by atoms with Gasteiger partial charge in [0.15, 0.2) is 0 Å². The molecular weight excluding hydrogens is 236 g/mol. The number of aryl methyl sites for hydroxylation is 1. The van der Waals surface area contributed by atoms with Crippen LogP contribution in [-0.2, 0) is 6.54 Å². The molecule has 0 radical (unpaired) electrons. The topological polar surface area (TPSA) is 55.9 Å². The maximum atomic E-state index is 6.24. The highest BCUT2D eigenvalue weighted by atomic mass is 35.5. The first-order valence-electron chi connectivity index (χ1n) is 6.18. The fourth-order valence-corrected chi connectivity index (χ4v) is 2.79. The van der Waals surface area contributed by atoms with Gasteiger partial charge in [-0.1, -0.05) is 32.4 Å². The van der Waals surface area contributed by atoms with Crippen LogP contribution in [0.5, 0.6) is 0 Å². The molecule has 96 valence electrons. The molecule has 1 aromatic heterocycles. The number of hydrazine groups is 1. The highest BCUT2D eigenvalue weighted by Gasteiger charge is 2.51. The Kier molecular flexibility index (Phi) is 3.48. The van der Waals surface area contributed by atoms with Crippen molar-refractivity contribution in [2.45, 2.75) is 46.2 Å². The predicted molar refractivity (Wildman–Crippen MR) is 69.5 cm³/mol. The van der Waals surface area contributed by atoms with Gasteiger partial charge in [0.2, 0.25) is 0 Å². The van der Waals surface area contributed by atoms with Crippen LogP contribution in [0.4, 0.5) is 0 Å². The van der Waals surface area contributed by atoms with Gasteiger partial charge in [0.25, 0.3) is 0 Å². The van der Waals surface area contributed by atoms with Gasteiger partial charge in [0.1, 0.15) is 0 Å². The molecule has 1 aliphatic carbocycles. The number of aromatic nitrogens is 2. The lowest BCUT2D eigenvalue weighted by atomic mass is 10.0. The molecule has 1 heterocycles. The molecule has 0 saturated heterocycles. The van der Waals surface area contributed by atoms with Crippen LogP contribution in [0, 0.1) is 11.3 Å². The van der Waals surface area contributed by atoms with Crippen molar-refractivity contribution in [1.29, 1.82) is 0 Å². The Hall–Kier alpha value is -0.580. The highest BCUT2D eigenvalue weighted by Crippen LogP contribution is 2.58. The van der Waals surface area contributed by atoms with Crippen molar-refractivity contribution in [1.82, 2.24) is 15.2 Å². The van der Waals surface area contributed by atoms with Crippen LogP contribution in [-0.4, -0.2) is 9.78 Å². The number of nitrogens with one attached hydrogen (secondary N) is 1. The van der Waals surface area contributed by atoms with E-state index in [1.807, 2.05) is 4.68 Å². The minimum absolute atomic E-state index is 0.103. The average molecular weight is 257 g/mol. The number of nitrogens with zero attached hydrogens (tertiary/aromatic N) is 2. The summed E-state index contributed by atoms with van der Waals surface area (Å²) in [5.74, 6) is 6.25. The summed E-state index contributed by atoms with van der Waals surface area (Å²) in [6, 6.07) is 0.103. The van der Waals surface area contributed by atoms with E-state index in [1.54, 1.807) is 6.20 Å². The predicted octanol–water partition coefficient (Wildman–Crippen LogP) is 2.50. The van der Waals surface area contributed by atoms with Crippen molar-refractivity contribution in [3.05, 3.63) is 16.9 Å². The van der Waals surface area contributed by atoms with Gasteiger partial charge in [0.05, 0.1) is 23.0 Å². The van der Waals surface area contributed by atoms with Crippen LogP contribution < -0.4 is 11.3 Å². The zero-order chi connectivity index (χ0) is 12.6. The molecule has 0 spiro atoms. The van der Waals surface area contributed by atoms with Gasteiger partial charge >= 0.3 is 0 Å². The lowest BCUT2D eigenvalue weighted by Crippen LogP contribution is -2.32. The Morgan fingerprint density at radius 2 is 2.35 bits per heavy atom. The van der Waals surface area contributed by atoms with Gasteiger partial charge in [-0.05, 0) is 24.2 Å². The number of hydrogen-bond acceptors (Lipinski definition) is 3. The van der Waals surface area contributed by atoms with E-state index in [-0.39, 0.29) is 6.04 Å². The molecule has 2 unspecified atom stereocenters. The van der Waals surface area contributed by atoms with Gasteiger partial charge in [-0.3, -0.25) is 16.0 Å². The zero-order valence-corrected chi connectivity index (χ0v) is 11.5. The van der Waals surface area contributed by atoms with Gasteiger partial charge in [0, 0.05) is 6.54 Å². The van der Waals surface area contributed by atoms with E-state index >= 15 is 0 Å². The van der Waals surface area contributed by atoms with Crippen molar-refractivity contribution >= 4 is 11.6 Å². The summed E-state index contributed by atoms with van der Waals surface area (Å²) >= 11 is 6.24. The zero-order valence-electron chi connectivity index (χ0n) is 10.7. The molecular formula is C12H21ClN4. The molecule has 17 heavy (non-hydrogen) atoms. The molecule has 0 aliphatic heterocycles. The summed E-state index contributed by atoms with van der Waals surface area (Å²) in [7, 11) is 0. The summed E-state index contributed by atoms with van der Waals surface area (Å²) < 4.78 is 1.97. The van der Waals surface area contributed by atoms with Gasteiger partial charge in [-0.2, -0.15) is 5.10 Å². The van der Waals surface area contributed by atoms with Gasteiger partial charge in [-0.15, -0.1) is 0 Å². The van der Waals surface area contributed by atoms with Crippen molar-refractivity contribution in [2.24, 2.45) is 17.2 Å². The molecule has 1 fully saturated rings. The Balaban J connectivity index is 2.27. The minimum atomic E-state index is 0.103. The van der Waals surface area contributed by atoms with Gasteiger partial charge in [-0.25, -0.2) is 0 Å². The van der Waals surface area contributed by atoms with Crippen molar-refractivity contribution < 1.29 is 0 Å². The van der Waals surface area contributed by atoms with Crippen molar-refractivity contribution in [3.8, 4) is 0 Å². The molecule has 4 nitrogen and oxygen atoms in total. The fourth-order valence-electron chi connectivity index (χ4n) is 2.53. The standard InChI is InChI=1S/C12H21ClN4/c1-4-5-17-11(9(13)7-15-17)10(16-14)8-6-12(8,2)3/h7-8,10,16H,4-6,14H2,1-3H3. The molecule has 1 aromatic rings. The molecule has 0 amide bonds. The van der Waals surface area contributed by atoms with E-state index in [2.05, 4.69) is 31.3 Å². The summed E-state index contributed by atoms with van der Waals surface area (Å²) in [5, 5.41) is 5.03. The van der Waals surface area contributed by atoms with Crippen LogP contribution in [0.15, 0.2) is 6.20 Å². The molecule has 0 bridgehead atoms. The lowest BCUT2D eigenvalue weighted by Gasteiger charge is -2.19. The smallest absolute Gasteiger partial charge is 0.0834 e. The third kappa shape index (κ3) is 2.34. The number of nitrogens with two attached hydrogens (primary N) is 1. The third-order valence-corrected chi connectivity index (χ3v) is 4.03. The van der Waals surface area contributed by atoms with Crippen LogP contribution in [0.25, 0.3) is 0 Å². The maximum absolute atomic E-state index is 6.24. The van der Waals surface area contributed by atoms with E-state index in [4.69, 9.17) is 17.4 Å². The summed E-state index contributed by atoms with van der Waals surface area (Å²) in [6.45, 7) is 7.53. The SMILES string of the molecule is CCCn1ncc(Cl)c1C(NN)C1CC1(C)C. The lowest BCUT2D eigenvalue weighted by molar-refractivity contribution is 0.393. The second-order valence-electron chi connectivity index (χ2n) is 5.54. The summed E-state index contributed by atoms with van der Waals surface area (Å²) in [5.41, 5.74) is 4.30. The van der Waals surface area contributed by atoms with E-state index in [0.717, 1.165) is 18.7 Å². The molecule has 1 saturated carbocycles. The van der Waals surface area contributed by atoms with Crippen LogP contribution >= 0.6 is 11.6 Å². The second kappa shape index (κ2) is 4.59. The highest BCUT2D eigenvalue weighted by molar-refractivity contribution is 6.31. The fraction of sp³-hybridized carbons (Fsp3) is 0.750. The minimum Gasteiger partial charge on any atom is -0.271 e. The van der Waals surface area contributed by atoms with E-state index < -0.39 is 0 Å². The maximum Gasteiger partial charge on any atom is 0.0834 e. The third-order valence-electron chi connectivity index (χ3n) is 3.73. The Labute approximate surface area is 107 Å². The Morgan fingerprint density at radius 3 is 2.82 bits per heavy atom. The van der Waals surface area contributed by atoms with E-state index in [1.165, 1.54) is 6.42 Å². The average Bonchev–Trinajstić information content (AvgIpc) is 2.74. The summed E-state index contributed by atoms with van der Waals surface area (Å²) in [4.78, 5) is 0. The number of rotatable bonds is 5. The van der Waals surface area contributed by atoms with Crippen LogP contribution in [0.3, 0.4) is 0 Å². The monoisotopic (exact) mass is 256 g/mol. The Bertz CT molecular complexity index is 399. The summed E-state index contributed by atoms with van der Waals surface area (Å²) in [6.07, 6.45) is 3.93. The number of hydrogen-bond donors (Lipinski definition) is 2. The van der Waals surface area contributed by atoms with E-state index in [0.29, 0.717) is 16.4 Å². The molecule has 5 heteroatoms. The molecule has 2 rings (SSSR count). The molecule has 2 atom stereocenters. The largest absolute Gasteiger partial charge is 0.271 e. The number of halogens is 1. The molecule has 3 N–H and O–H groups in total. The quantitative estimate of drug-likeness (QED) is 0.629. The first-order chi connectivity index (χ1) is 8.01. The first kappa shape index (κ1) is 12.9. The van der Waals surface area contributed by atoms with Crippen molar-refractivity contribution in [3.63, 3.8) is 0 Å². The molecule has 0 aromatic carbocycles. The normalized spacial score (nSPS) is 23.7. The Morgan fingerprint density at radius 1 is 1.71 bits per heavy atom. The van der Waals surface area contributed by atoms with Crippen LogP contribution in [0.1, 0.15) is 45.3 Å². The second-order valence-corrected chi connectivity index (χ2v) is 5.95.